The number of hydrogen-bond acceptors (Lipinski definition) is 1. The molecule has 1 aromatic heterocycles. The molecule has 0 spiro atoms. The van der Waals surface area contributed by atoms with Crippen LogP contribution in [0.5, 0.6) is 0 Å². The van der Waals surface area contributed by atoms with Crippen molar-refractivity contribution in [3.05, 3.63) is 41.7 Å². The summed E-state index contributed by atoms with van der Waals surface area (Å²) in [5, 5.41) is 0. The first-order valence-corrected chi connectivity index (χ1v) is 3.37. The van der Waals surface area contributed by atoms with Crippen LogP contribution in [0, 0.1) is 23.5 Å². The normalized spacial score (nSPS) is 10.2. The maximum atomic E-state index is 12.7. The zero-order valence-corrected chi connectivity index (χ0v) is 6.45. The van der Waals surface area contributed by atoms with Gasteiger partial charge in [-0.25, -0.2) is 8.78 Å². The molecule has 5 heteroatoms. The molecule has 1 nitrogen and oxygen atoms in total. The summed E-state index contributed by atoms with van der Waals surface area (Å²) in [6.07, 6.45) is 0.856. The number of allylic oxidation sites excluding steroid dienone is 1. The highest BCUT2D eigenvalue weighted by molar-refractivity contribution is 5.19. The maximum Gasteiger partial charge on any atom is 0.252 e. The Bertz CT molecular complexity index is 322. The molecule has 0 atom stereocenters. The minimum absolute atomic E-state index is 0.284. The van der Waals surface area contributed by atoms with Gasteiger partial charge in [0.15, 0.2) is 11.6 Å². The van der Waals surface area contributed by atoms with Gasteiger partial charge in [0.05, 0.1) is 0 Å². The Morgan fingerprint density at radius 1 is 1.08 bits per heavy atom. The lowest BCUT2D eigenvalue weighted by Crippen LogP contribution is -2.05. The van der Waals surface area contributed by atoms with Gasteiger partial charge < -0.3 is 0 Å². The zero-order chi connectivity index (χ0) is 10.0. The average molecular weight is 191 g/mol. The molecular formula is C8H5F4N. The fraction of sp³-hybridized carbons (Fsp3) is 0.125. The highest BCUT2D eigenvalue weighted by atomic mass is 19.2. The van der Waals surface area contributed by atoms with E-state index >= 15 is 0 Å². The topological polar surface area (TPSA) is 12.9 Å². The van der Waals surface area contributed by atoms with Crippen LogP contribution in [0.3, 0.4) is 0 Å². The lowest BCUT2D eigenvalue weighted by Gasteiger charge is -2.02. The third-order valence-corrected chi connectivity index (χ3v) is 1.44. The fourth-order valence-corrected chi connectivity index (χ4v) is 0.853. The van der Waals surface area contributed by atoms with Crippen LogP contribution >= 0.6 is 0 Å². The minimum Gasteiger partial charge on any atom is -0.202 e. The monoisotopic (exact) mass is 191 g/mol. The van der Waals surface area contributed by atoms with Gasteiger partial charge >= 0.3 is 0 Å². The predicted octanol–water partition coefficient (Wildman–Crippen LogP) is 2.37. The summed E-state index contributed by atoms with van der Waals surface area (Å²) in [6, 6.07) is 0. The molecule has 0 saturated heterocycles. The van der Waals surface area contributed by atoms with Gasteiger partial charge in [-0.05, 0) is 6.42 Å². The number of nitrogens with zero attached hydrogens (tertiary/aromatic N) is 1. The standard InChI is InChI=1S/C8H5F4N/c1-2-3-4-5(9)7(11)13-8(12)6(4)10/h2H,1,3H2. The number of rotatable bonds is 2. The van der Waals surface area contributed by atoms with Crippen molar-refractivity contribution in [2.45, 2.75) is 6.42 Å². The molecule has 0 saturated carbocycles. The summed E-state index contributed by atoms with van der Waals surface area (Å²) in [5.74, 6) is -6.23. The van der Waals surface area contributed by atoms with Gasteiger partial charge in [-0.1, -0.05) is 6.08 Å². The largest absolute Gasteiger partial charge is 0.252 e. The van der Waals surface area contributed by atoms with Crippen molar-refractivity contribution < 1.29 is 17.6 Å². The summed E-state index contributed by atoms with van der Waals surface area (Å²) < 4.78 is 50.3. The van der Waals surface area contributed by atoms with E-state index in [0.717, 1.165) is 6.08 Å². The molecule has 0 radical (unpaired) electrons. The van der Waals surface area contributed by atoms with Crippen LogP contribution in [-0.2, 0) is 6.42 Å². The van der Waals surface area contributed by atoms with Crippen LogP contribution in [0.4, 0.5) is 17.6 Å². The Kier molecular flexibility index (Phi) is 2.65. The highest BCUT2D eigenvalue weighted by Gasteiger charge is 2.18. The zero-order valence-electron chi connectivity index (χ0n) is 6.45. The first-order chi connectivity index (χ1) is 6.07. The van der Waals surface area contributed by atoms with Crippen molar-refractivity contribution in [3.8, 4) is 0 Å². The molecule has 70 valence electrons. The van der Waals surface area contributed by atoms with E-state index in [0.29, 0.717) is 0 Å². The van der Waals surface area contributed by atoms with E-state index in [9.17, 15) is 17.6 Å². The molecule has 1 rings (SSSR count). The fourth-order valence-electron chi connectivity index (χ4n) is 0.853. The van der Waals surface area contributed by atoms with Crippen LogP contribution in [-0.4, -0.2) is 4.98 Å². The molecule has 0 bridgehead atoms. The molecule has 0 N–H and O–H groups in total. The third-order valence-electron chi connectivity index (χ3n) is 1.44. The second kappa shape index (κ2) is 3.55. The van der Waals surface area contributed by atoms with E-state index in [1.54, 1.807) is 0 Å². The molecule has 1 aromatic rings. The first-order valence-electron chi connectivity index (χ1n) is 3.37. The van der Waals surface area contributed by atoms with Crippen molar-refractivity contribution in [3.63, 3.8) is 0 Å². The molecule has 13 heavy (non-hydrogen) atoms. The number of pyridine rings is 1. The minimum atomic E-state index is -1.64. The van der Waals surface area contributed by atoms with Gasteiger partial charge in [-0.2, -0.15) is 13.8 Å². The molecule has 0 amide bonds. The Hall–Kier alpha value is -1.39. The molecule has 0 aromatic carbocycles. The van der Waals surface area contributed by atoms with Crippen molar-refractivity contribution in [2.75, 3.05) is 0 Å². The van der Waals surface area contributed by atoms with E-state index in [2.05, 4.69) is 11.6 Å². The second-order valence-electron chi connectivity index (χ2n) is 2.29. The number of hydrogen-bond donors (Lipinski definition) is 0. The smallest absolute Gasteiger partial charge is 0.202 e. The lowest BCUT2D eigenvalue weighted by molar-refractivity contribution is 0.397. The summed E-state index contributed by atoms with van der Waals surface area (Å²) in [4.78, 5) is 2.40. The Labute approximate surface area is 71.7 Å². The van der Waals surface area contributed by atoms with E-state index in [1.165, 1.54) is 0 Å². The Morgan fingerprint density at radius 2 is 1.54 bits per heavy atom. The van der Waals surface area contributed by atoms with Gasteiger partial charge in [0.2, 0.25) is 0 Å². The van der Waals surface area contributed by atoms with Crippen molar-refractivity contribution in [2.24, 2.45) is 0 Å². The van der Waals surface area contributed by atoms with Crippen LogP contribution in [0.15, 0.2) is 12.7 Å². The second-order valence-corrected chi connectivity index (χ2v) is 2.29. The average Bonchev–Trinajstić information content (AvgIpc) is 2.09. The van der Waals surface area contributed by atoms with Gasteiger partial charge in [0.1, 0.15) is 0 Å². The van der Waals surface area contributed by atoms with Crippen LogP contribution in [0.25, 0.3) is 0 Å². The summed E-state index contributed by atoms with van der Waals surface area (Å²) >= 11 is 0. The molecule has 0 fully saturated rings. The number of aromatic nitrogens is 1. The summed E-state index contributed by atoms with van der Waals surface area (Å²) in [7, 11) is 0. The lowest BCUT2D eigenvalue weighted by atomic mass is 10.2. The van der Waals surface area contributed by atoms with Gasteiger partial charge in [0, 0.05) is 5.56 Å². The van der Waals surface area contributed by atoms with Crippen LogP contribution in [0.2, 0.25) is 0 Å². The van der Waals surface area contributed by atoms with Crippen molar-refractivity contribution in [1.29, 1.82) is 0 Å². The Balaban J connectivity index is 3.36. The van der Waals surface area contributed by atoms with Crippen LogP contribution in [0.1, 0.15) is 5.56 Å². The van der Waals surface area contributed by atoms with Crippen molar-refractivity contribution >= 4 is 0 Å². The molecule has 0 aliphatic heterocycles. The molecular weight excluding hydrogens is 186 g/mol. The van der Waals surface area contributed by atoms with E-state index in [-0.39, 0.29) is 6.42 Å². The summed E-state index contributed by atoms with van der Waals surface area (Å²) in [5.41, 5.74) is -0.694. The molecule has 1 heterocycles. The van der Waals surface area contributed by atoms with Crippen molar-refractivity contribution in [1.82, 2.24) is 4.98 Å². The maximum absolute atomic E-state index is 12.7. The van der Waals surface area contributed by atoms with E-state index < -0.39 is 29.1 Å². The quantitative estimate of drug-likeness (QED) is 0.397. The first kappa shape index (κ1) is 9.70. The molecule has 0 unspecified atom stereocenters. The number of halogens is 4. The van der Waals surface area contributed by atoms with E-state index in [1.807, 2.05) is 0 Å². The predicted molar refractivity (Wildman–Crippen MR) is 38.0 cm³/mol. The van der Waals surface area contributed by atoms with E-state index in [4.69, 9.17) is 0 Å². The van der Waals surface area contributed by atoms with Gasteiger partial charge in [0.25, 0.3) is 11.9 Å². The Morgan fingerprint density at radius 3 is 1.92 bits per heavy atom. The summed E-state index contributed by atoms with van der Waals surface area (Å²) in [6.45, 7) is 3.20. The van der Waals surface area contributed by atoms with Gasteiger partial charge in [-0.15, -0.1) is 6.58 Å². The van der Waals surface area contributed by atoms with Crippen LogP contribution < -0.4 is 0 Å². The third kappa shape index (κ3) is 1.68. The molecule has 0 aliphatic carbocycles. The molecule has 0 aliphatic rings. The highest BCUT2D eigenvalue weighted by Crippen LogP contribution is 2.17. The SMILES string of the molecule is C=CCc1c(F)c(F)nc(F)c1F. The van der Waals surface area contributed by atoms with Gasteiger partial charge in [-0.3, -0.25) is 0 Å².